The molecule has 2 aromatic rings. The fourth-order valence-corrected chi connectivity index (χ4v) is 2.28. The van der Waals surface area contributed by atoms with E-state index in [1.54, 1.807) is 6.20 Å². The van der Waals surface area contributed by atoms with Crippen LogP contribution in [0.1, 0.15) is 11.6 Å². The second-order valence-electron chi connectivity index (χ2n) is 4.30. The molecule has 2 aromatic heterocycles. The average Bonchev–Trinajstić information content (AvgIpc) is 2.90. The molecule has 1 aliphatic heterocycles. The van der Waals surface area contributed by atoms with Gasteiger partial charge in [-0.1, -0.05) is 11.6 Å². The van der Waals surface area contributed by atoms with Gasteiger partial charge in [0.2, 0.25) is 0 Å². The lowest BCUT2D eigenvalue weighted by Crippen LogP contribution is -2.33. The van der Waals surface area contributed by atoms with Crippen LogP contribution in [0.15, 0.2) is 18.6 Å². The Hall–Kier alpha value is -1.33. The molecule has 0 radical (unpaired) electrons. The highest BCUT2D eigenvalue weighted by Crippen LogP contribution is 2.15. The molecule has 0 spiro atoms. The number of hydrogen-bond acceptors (Lipinski definition) is 3. The first-order valence-electron chi connectivity index (χ1n) is 5.62. The Labute approximate surface area is 105 Å². The van der Waals surface area contributed by atoms with Crippen LogP contribution in [0.5, 0.6) is 0 Å². The van der Waals surface area contributed by atoms with Crippen molar-refractivity contribution in [2.45, 2.75) is 19.6 Å². The van der Waals surface area contributed by atoms with Gasteiger partial charge in [0, 0.05) is 32.5 Å². The van der Waals surface area contributed by atoms with E-state index in [0.29, 0.717) is 5.15 Å². The van der Waals surface area contributed by atoms with Crippen molar-refractivity contribution in [2.75, 3.05) is 6.54 Å². The predicted octanol–water partition coefficient (Wildman–Crippen LogP) is 1.29. The van der Waals surface area contributed by atoms with Crippen molar-refractivity contribution in [1.29, 1.82) is 0 Å². The maximum atomic E-state index is 5.98. The zero-order chi connectivity index (χ0) is 11.8. The van der Waals surface area contributed by atoms with Crippen LogP contribution in [0, 0.1) is 0 Å². The molecule has 0 saturated heterocycles. The molecule has 5 nitrogen and oxygen atoms in total. The Morgan fingerprint density at radius 1 is 1.35 bits per heavy atom. The van der Waals surface area contributed by atoms with Gasteiger partial charge in [0.05, 0.1) is 19.3 Å². The van der Waals surface area contributed by atoms with Crippen LogP contribution in [0.4, 0.5) is 0 Å². The van der Waals surface area contributed by atoms with Gasteiger partial charge in [0.25, 0.3) is 0 Å². The number of hydrogen-bond donors (Lipinski definition) is 0. The maximum absolute atomic E-state index is 5.98. The van der Waals surface area contributed by atoms with Crippen LogP contribution in [-0.2, 0) is 26.7 Å². The van der Waals surface area contributed by atoms with E-state index >= 15 is 0 Å². The van der Waals surface area contributed by atoms with Gasteiger partial charge in [-0.15, -0.1) is 0 Å². The topological polar surface area (TPSA) is 38.9 Å². The largest absolute Gasteiger partial charge is 0.333 e. The molecule has 0 N–H and O–H groups in total. The average molecular weight is 252 g/mol. The van der Waals surface area contributed by atoms with Gasteiger partial charge in [-0.25, -0.2) is 9.97 Å². The summed E-state index contributed by atoms with van der Waals surface area (Å²) in [5.74, 6) is 2.12. The summed E-state index contributed by atoms with van der Waals surface area (Å²) in [6.45, 7) is 3.70. The summed E-state index contributed by atoms with van der Waals surface area (Å²) in [7, 11) is 1.94. The predicted molar refractivity (Wildman–Crippen MR) is 64.6 cm³/mol. The van der Waals surface area contributed by atoms with Crippen LogP contribution in [0.3, 0.4) is 0 Å². The van der Waals surface area contributed by atoms with Gasteiger partial charge < -0.3 is 9.13 Å². The molecule has 0 aliphatic carbocycles. The smallest absolute Gasteiger partial charge is 0.128 e. The van der Waals surface area contributed by atoms with E-state index in [2.05, 4.69) is 19.4 Å². The summed E-state index contributed by atoms with van der Waals surface area (Å²) >= 11 is 5.98. The summed E-state index contributed by atoms with van der Waals surface area (Å²) in [5.41, 5.74) is 0. The fraction of sp³-hybridized carbons (Fsp3) is 0.455. The molecule has 0 bridgehead atoms. The van der Waals surface area contributed by atoms with E-state index in [1.807, 2.05) is 24.0 Å². The third-order valence-electron chi connectivity index (χ3n) is 3.22. The van der Waals surface area contributed by atoms with Gasteiger partial charge >= 0.3 is 0 Å². The van der Waals surface area contributed by atoms with E-state index in [-0.39, 0.29) is 0 Å². The molecule has 1 aliphatic rings. The maximum Gasteiger partial charge on any atom is 0.128 e. The van der Waals surface area contributed by atoms with E-state index in [0.717, 1.165) is 37.8 Å². The van der Waals surface area contributed by atoms with Crippen molar-refractivity contribution >= 4 is 11.6 Å². The third kappa shape index (κ3) is 1.96. The highest BCUT2D eigenvalue weighted by atomic mass is 35.5. The van der Waals surface area contributed by atoms with Crippen LogP contribution in [0.25, 0.3) is 0 Å². The van der Waals surface area contributed by atoms with Crippen molar-refractivity contribution in [3.8, 4) is 0 Å². The minimum absolute atomic E-state index is 0.679. The van der Waals surface area contributed by atoms with Crippen LogP contribution >= 0.6 is 11.6 Å². The Morgan fingerprint density at radius 3 is 3.00 bits per heavy atom. The molecular formula is C11H14ClN5. The standard InChI is InChI=1S/C11H14ClN5/c1-15-9(12)6-14-10(15)7-16-4-5-17-3-2-13-11(17)8-16/h2-3,6H,4-5,7-8H2,1H3. The molecule has 0 aromatic carbocycles. The quantitative estimate of drug-likeness (QED) is 0.807. The lowest BCUT2D eigenvalue weighted by atomic mass is 10.3. The summed E-state index contributed by atoms with van der Waals surface area (Å²) in [6.07, 6.45) is 5.59. The normalized spacial score (nSPS) is 16.1. The van der Waals surface area contributed by atoms with Gasteiger partial charge in [0.15, 0.2) is 0 Å². The Morgan fingerprint density at radius 2 is 2.24 bits per heavy atom. The van der Waals surface area contributed by atoms with Gasteiger partial charge in [0.1, 0.15) is 16.8 Å². The second-order valence-corrected chi connectivity index (χ2v) is 4.69. The summed E-state index contributed by atoms with van der Waals surface area (Å²) in [6, 6.07) is 0. The monoisotopic (exact) mass is 251 g/mol. The molecule has 0 saturated carbocycles. The van der Waals surface area contributed by atoms with E-state index in [4.69, 9.17) is 11.6 Å². The number of rotatable bonds is 2. The summed E-state index contributed by atoms with van der Waals surface area (Å²) < 4.78 is 4.12. The third-order valence-corrected chi connectivity index (χ3v) is 3.57. The Kier molecular flexibility index (Phi) is 2.64. The molecule has 3 heterocycles. The van der Waals surface area contributed by atoms with Crippen molar-refractivity contribution in [3.63, 3.8) is 0 Å². The van der Waals surface area contributed by atoms with Crippen molar-refractivity contribution in [2.24, 2.45) is 7.05 Å². The molecule has 0 atom stereocenters. The molecule has 0 fully saturated rings. The van der Waals surface area contributed by atoms with Crippen LogP contribution in [-0.4, -0.2) is 30.5 Å². The van der Waals surface area contributed by atoms with Gasteiger partial charge in [-0.3, -0.25) is 4.90 Å². The first-order chi connectivity index (χ1) is 8.24. The number of halogens is 1. The Balaban J connectivity index is 1.74. The van der Waals surface area contributed by atoms with E-state index in [9.17, 15) is 0 Å². The molecule has 0 amide bonds. The van der Waals surface area contributed by atoms with Crippen LogP contribution < -0.4 is 0 Å². The minimum Gasteiger partial charge on any atom is -0.333 e. The number of aromatic nitrogens is 4. The fourth-order valence-electron chi connectivity index (χ4n) is 2.13. The molecule has 6 heteroatoms. The highest BCUT2D eigenvalue weighted by molar-refractivity contribution is 6.29. The summed E-state index contributed by atoms with van der Waals surface area (Å²) in [5, 5.41) is 0.679. The zero-order valence-corrected chi connectivity index (χ0v) is 10.4. The first-order valence-corrected chi connectivity index (χ1v) is 6.00. The van der Waals surface area contributed by atoms with Crippen molar-refractivity contribution < 1.29 is 0 Å². The van der Waals surface area contributed by atoms with E-state index < -0.39 is 0 Å². The second kappa shape index (κ2) is 4.16. The van der Waals surface area contributed by atoms with Crippen molar-refractivity contribution in [3.05, 3.63) is 35.4 Å². The first kappa shape index (κ1) is 10.8. The van der Waals surface area contributed by atoms with Crippen molar-refractivity contribution in [1.82, 2.24) is 24.0 Å². The lowest BCUT2D eigenvalue weighted by Gasteiger charge is -2.27. The molecule has 17 heavy (non-hydrogen) atoms. The molecule has 90 valence electrons. The zero-order valence-electron chi connectivity index (χ0n) is 9.67. The lowest BCUT2D eigenvalue weighted by molar-refractivity contribution is 0.202. The summed E-state index contributed by atoms with van der Waals surface area (Å²) in [4.78, 5) is 11.0. The molecular weight excluding hydrogens is 238 g/mol. The minimum atomic E-state index is 0.679. The van der Waals surface area contributed by atoms with E-state index in [1.165, 1.54) is 0 Å². The highest BCUT2D eigenvalue weighted by Gasteiger charge is 2.18. The SMILES string of the molecule is Cn1c(Cl)cnc1CN1CCn2ccnc2C1. The molecule has 3 rings (SSSR count). The van der Waals surface area contributed by atoms with Gasteiger partial charge in [-0.2, -0.15) is 0 Å². The van der Waals surface area contributed by atoms with Crippen LogP contribution in [0.2, 0.25) is 5.15 Å². The number of nitrogens with zero attached hydrogens (tertiary/aromatic N) is 5. The van der Waals surface area contributed by atoms with Gasteiger partial charge in [-0.05, 0) is 0 Å². The Bertz CT molecular complexity index is 530. The molecule has 0 unspecified atom stereocenters. The number of imidazole rings is 2. The number of fused-ring (bicyclic) bond motifs is 1.